The van der Waals surface area contributed by atoms with Gasteiger partial charge in [0.25, 0.3) is 5.91 Å². The van der Waals surface area contributed by atoms with Crippen molar-refractivity contribution in [2.45, 2.75) is 32.6 Å². The summed E-state index contributed by atoms with van der Waals surface area (Å²) in [7, 11) is 0. The van der Waals surface area contributed by atoms with Gasteiger partial charge in [-0.25, -0.2) is 0 Å². The molecule has 104 valence electrons. The van der Waals surface area contributed by atoms with Crippen molar-refractivity contribution in [3.63, 3.8) is 0 Å². The van der Waals surface area contributed by atoms with E-state index in [4.69, 9.17) is 11.6 Å². The number of carbonyl (C=O) groups is 1. The molecule has 1 aliphatic carbocycles. The van der Waals surface area contributed by atoms with Gasteiger partial charge >= 0.3 is 0 Å². The summed E-state index contributed by atoms with van der Waals surface area (Å²) in [6.07, 6.45) is 4.21. The molecule has 0 heterocycles. The highest BCUT2D eigenvalue weighted by molar-refractivity contribution is 6.34. The predicted octanol–water partition coefficient (Wildman–Crippen LogP) is 2.93. The molecule has 1 aromatic rings. The fourth-order valence-corrected chi connectivity index (χ4v) is 2.91. The molecular formula is C15H20ClNO2. The van der Waals surface area contributed by atoms with E-state index in [1.165, 1.54) is 0 Å². The molecule has 1 aliphatic rings. The highest BCUT2D eigenvalue weighted by Gasteiger charge is 2.33. The molecule has 0 saturated heterocycles. The van der Waals surface area contributed by atoms with Crippen molar-refractivity contribution >= 4 is 17.5 Å². The zero-order valence-electron chi connectivity index (χ0n) is 11.2. The predicted molar refractivity (Wildman–Crippen MR) is 76.5 cm³/mol. The number of nitrogens with one attached hydrogen (secondary N) is 1. The third-order valence-electron chi connectivity index (χ3n) is 4.06. The third-order valence-corrected chi connectivity index (χ3v) is 4.56. The Morgan fingerprint density at radius 3 is 2.74 bits per heavy atom. The molecule has 0 aliphatic heterocycles. The van der Waals surface area contributed by atoms with Gasteiger partial charge in [0.05, 0.1) is 17.2 Å². The van der Waals surface area contributed by atoms with E-state index in [-0.39, 0.29) is 17.9 Å². The topological polar surface area (TPSA) is 49.3 Å². The molecule has 1 aromatic carbocycles. The Balaban J connectivity index is 2.03. The maximum atomic E-state index is 12.2. The van der Waals surface area contributed by atoms with Crippen molar-refractivity contribution in [1.82, 2.24) is 5.32 Å². The molecule has 1 fully saturated rings. The van der Waals surface area contributed by atoms with Crippen LogP contribution < -0.4 is 5.32 Å². The fraction of sp³-hybridized carbons (Fsp3) is 0.533. The lowest BCUT2D eigenvalue weighted by molar-refractivity contribution is 0.0880. The second kappa shape index (κ2) is 5.93. The standard InChI is InChI=1S/C15H20ClNO2/c1-11-5-4-6-12(13(11)16)14(19)17-9-15(10-18)7-2-3-8-15/h4-6,18H,2-3,7-10H2,1H3,(H,17,19). The molecule has 4 heteroatoms. The summed E-state index contributed by atoms with van der Waals surface area (Å²) >= 11 is 6.14. The Morgan fingerprint density at radius 1 is 1.42 bits per heavy atom. The van der Waals surface area contributed by atoms with E-state index in [2.05, 4.69) is 5.32 Å². The van der Waals surface area contributed by atoms with Crippen LogP contribution in [0.15, 0.2) is 18.2 Å². The Labute approximate surface area is 119 Å². The van der Waals surface area contributed by atoms with Gasteiger partial charge in [0.1, 0.15) is 0 Å². The van der Waals surface area contributed by atoms with E-state index in [1.807, 2.05) is 19.1 Å². The zero-order valence-corrected chi connectivity index (χ0v) is 12.0. The number of carbonyl (C=O) groups excluding carboxylic acids is 1. The van der Waals surface area contributed by atoms with Crippen LogP contribution in [-0.2, 0) is 0 Å². The number of halogens is 1. The molecule has 0 unspecified atom stereocenters. The minimum atomic E-state index is -0.159. The number of benzene rings is 1. The molecule has 3 nitrogen and oxygen atoms in total. The average Bonchev–Trinajstić information content (AvgIpc) is 2.89. The van der Waals surface area contributed by atoms with E-state index >= 15 is 0 Å². The molecule has 1 amide bonds. The first kappa shape index (κ1) is 14.4. The van der Waals surface area contributed by atoms with Gasteiger partial charge < -0.3 is 10.4 Å². The van der Waals surface area contributed by atoms with Crippen LogP contribution in [0.4, 0.5) is 0 Å². The number of aryl methyl sites for hydroxylation is 1. The molecule has 19 heavy (non-hydrogen) atoms. The number of rotatable bonds is 4. The van der Waals surface area contributed by atoms with Crippen molar-refractivity contribution in [2.24, 2.45) is 5.41 Å². The van der Waals surface area contributed by atoms with Gasteiger partial charge in [-0.1, -0.05) is 36.6 Å². The van der Waals surface area contributed by atoms with Gasteiger partial charge in [-0.3, -0.25) is 4.79 Å². The molecular weight excluding hydrogens is 262 g/mol. The zero-order chi connectivity index (χ0) is 13.9. The molecule has 2 N–H and O–H groups in total. The largest absolute Gasteiger partial charge is 0.396 e. The van der Waals surface area contributed by atoms with Gasteiger partial charge in [-0.2, -0.15) is 0 Å². The van der Waals surface area contributed by atoms with Gasteiger partial charge in [0.2, 0.25) is 0 Å². The second-order valence-electron chi connectivity index (χ2n) is 5.48. The Morgan fingerprint density at radius 2 is 2.11 bits per heavy atom. The minimum absolute atomic E-state index is 0.133. The minimum Gasteiger partial charge on any atom is -0.396 e. The van der Waals surface area contributed by atoms with E-state index < -0.39 is 0 Å². The van der Waals surface area contributed by atoms with E-state index in [9.17, 15) is 9.90 Å². The van der Waals surface area contributed by atoms with Crippen molar-refractivity contribution in [3.8, 4) is 0 Å². The van der Waals surface area contributed by atoms with Gasteiger partial charge in [0.15, 0.2) is 0 Å². The van der Waals surface area contributed by atoms with Crippen molar-refractivity contribution in [3.05, 3.63) is 34.3 Å². The summed E-state index contributed by atoms with van der Waals surface area (Å²) in [4.78, 5) is 12.2. The lowest BCUT2D eigenvalue weighted by atomic mass is 9.87. The molecule has 1 saturated carbocycles. The van der Waals surface area contributed by atoms with Crippen LogP contribution in [0.5, 0.6) is 0 Å². The van der Waals surface area contributed by atoms with Crippen molar-refractivity contribution in [1.29, 1.82) is 0 Å². The summed E-state index contributed by atoms with van der Waals surface area (Å²) in [5.41, 5.74) is 1.27. The lowest BCUT2D eigenvalue weighted by Gasteiger charge is -2.26. The van der Waals surface area contributed by atoms with Gasteiger partial charge in [0, 0.05) is 12.0 Å². The van der Waals surface area contributed by atoms with Crippen LogP contribution in [0.1, 0.15) is 41.6 Å². The SMILES string of the molecule is Cc1cccc(C(=O)NCC2(CO)CCCC2)c1Cl. The first-order chi connectivity index (χ1) is 9.08. The van der Waals surface area contributed by atoms with E-state index in [0.717, 1.165) is 31.2 Å². The number of hydrogen-bond acceptors (Lipinski definition) is 2. The Bertz CT molecular complexity index is 467. The molecule has 0 spiro atoms. The summed E-state index contributed by atoms with van der Waals surface area (Å²) in [5.74, 6) is -0.159. The maximum absolute atomic E-state index is 12.2. The smallest absolute Gasteiger partial charge is 0.252 e. The second-order valence-corrected chi connectivity index (χ2v) is 5.86. The van der Waals surface area contributed by atoms with Crippen molar-refractivity contribution < 1.29 is 9.90 Å². The third kappa shape index (κ3) is 3.10. The first-order valence-corrected chi connectivity index (χ1v) is 7.10. The van der Waals surface area contributed by atoms with E-state index in [0.29, 0.717) is 17.1 Å². The highest BCUT2D eigenvalue weighted by Crippen LogP contribution is 2.37. The lowest BCUT2D eigenvalue weighted by Crippen LogP contribution is -2.38. The maximum Gasteiger partial charge on any atom is 0.252 e. The number of aliphatic hydroxyl groups is 1. The highest BCUT2D eigenvalue weighted by atomic mass is 35.5. The van der Waals surface area contributed by atoms with Crippen LogP contribution in [0.3, 0.4) is 0 Å². The average molecular weight is 282 g/mol. The summed E-state index contributed by atoms with van der Waals surface area (Å²) in [5, 5.41) is 12.9. The Hall–Kier alpha value is -1.06. The van der Waals surface area contributed by atoms with Crippen LogP contribution in [0.2, 0.25) is 5.02 Å². The molecule has 0 bridgehead atoms. The van der Waals surface area contributed by atoms with Crippen LogP contribution in [-0.4, -0.2) is 24.2 Å². The molecule has 2 rings (SSSR count). The summed E-state index contributed by atoms with van der Waals surface area (Å²) in [6.45, 7) is 2.53. The monoisotopic (exact) mass is 281 g/mol. The molecule has 0 atom stereocenters. The number of aliphatic hydroxyl groups excluding tert-OH is 1. The molecule has 0 aromatic heterocycles. The summed E-state index contributed by atoms with van der Waals surface area (Å²) in [6, 6.07) is 5.43. The quantitative estimate of drug-likeness (QED) is 0.891. The summed E-state index contributed by atoms with van der Waals surface area (Å²) < 4.78 is 0. The molecule has 0 radical (unpaired) electrons. The van der Waals surface area contributed by atoms with Crippen LogP contribution in [0.25, 0.3) is 0 Å². The van der Waals surface area contributed by atoms with Crippen LogP contribution >= 0.6 is 11.6 Å². The van der Waals surface area contributed by atoms with Crippen LogP contribution in [0, 0.1) is 12.3 Å². The first-order valence-electron chi connectivity index (χ1n) is 6.72. The Kier molecular flexibility index (Phi) is 4.48. The van der Waals surface area contributed by atoms with E-state index in [1.54, 1.807) is 6.07 Å². The fourth-order valence-electron chi connectivity index (χ4n) is 2.70. The van der Waals surface area contributed by atoms with Gasteiger partial charge in [-0.05, 0) is 31.4 Å². The van der Waals surface area contributed by atoms with Crippen molar-refractivity contribution in [2.75, 3.05) is 13.2 Å². The number of amides is 1. The number of hydrogen-bond donors (Lipinski definition) is 2. The normalized spacial score (nSPS) is 17.4. The van der Waals surface area contributed by atoms with Gasteiger partial charge in [-0.15, -0.1) is 0 Å².